The Bertz CT molecular complexity index is 665. The molecule has 0 N–H and O–H groups in total. The first-order valence-corrected chi connectivity index (χ1v) is 5.69. The summed E-state index contributed by atoms with van der Waals surface area (Å²) in [7, 11) is 0. The number of aromatic nitrogens is 2. The van der Waals surface area contributed by atoms with Crippen molar-refractivity contribution in [1.29, 1.82) is 0 Å². The zero-order valence-electron chi connectivity index (χ0n) is 8.97. The number of halogens is 1. The van der Waals surface area contributed by atoms with E-state index in [-0.39, 0.29) is 0 Å². The lowest BCUT2D eigenvalue weighted by Gasteiger charge is -2.04. The molecule has 3 aromatic rings. The number of fused-ring (bicyclic) bond motifs is 1. The van der Waals surface area contributed by atoms with Crippen LogP contribution in [0.1, 0.15) is 0 Å². The Kier molecular flexibility index (Phi) is 2.50. The molecule has 0 unspecified atom stereocenters. The molecule has 0 fully saturated rings. The predicted octanol–water partition coefficient (Wildman–Crippen LogP) is 3.95. The van der Waals surface area contributed by atoms with Crippen LogP contribution in [0.15, 0.2) is 54.7 Å². The van der Waals surface area contributed by atoms with Gasteiger partial charge in [0.05, 0.1) is 16.2 Å². The second-order valence-electron chi connectivity index (χ2n) is 3.73. The summed E-state index contributed by atoms with van der Waals surface area (Å²) < 4.78 is 0. The minimum absolute atomic E-state index is 0.627. The molecule has 0 atom stereocenters. The first-order chi connectivity index (χ1) is 8.34. The Morgan fingerprint density at radius 3 is 2.59 bits per heavy atom. The van der Waals surface area contributed by atoms with Gasteiger partial charge in [-0.1, -0.05) is 35.9 Å². The minimum Gasteiger partial charge on any atom is -0.255 e. The Balaban J connectivity index is 2.27. The summed E-state index contributed by atoms with van der Waals surface area (Å²) in [5, 5.41) is 1.67. The van der Waals surface area contributed by atoms with Crippen LogP contribution in [0.3, 0.4) is 0 Å². The van der Waals surface area contributed by atoms with Gasteiger partial charge in [-0.2, -0.15) is 0 Å². The zero-order chi connectivity index (χ0) is 11.7. The van der Waals surface area contributed by atoms with Crippen molar-refractivity contribution in [3.05, 3.63) is 59.8 Å². The molecule has 0 saturated heterocycles. The highest BCUT2D eigenvalue weighted by atomic mass is 35.5. The van der Waals surface area contributed by atoms with Gasteiger partial charge in [0.25, 0.3) is 0 Å². The molecule has 0 radical (unpaired) electrons. The Morgan fingerprint density at radius 2 is 1.76 bits per heavy atom. The molecule has 0 saturated carbocycles. The predicted molar refractivity (Wildman–Crippen MR) is 70.0 cm³/mol. The van der Waals surface area contributed by atoms with Crippen molar-refractivity contribution in [2.45, 2.75) is 0 Å². The maximum Gasteiger partial charge on any atom is 0.108 e. The highest BCUT2D eigenvalue weighted by Crippen LogP contribution is 2.27. The quantitative estimate of drug-likeness (QED) is 0.644. The summed E-state index contributed by atoms with van der Waals surface area (Å²) >= 11 is 6.24. The van der Waals surface area contributed by atoms with Crippen LogP contribution in [0, 0.1) is 0 Å². The molecule has 1 aromatic carbocycles. The number of pyridine rings is 2. The molecule has 2 aromatic heterocycles. The van der Waals surface area contributed by atoms with Gasteiger partial charge in [0.2, 0.25) is 0 Å². The van der Waals surface area contributed by atoms with Crippen molar-refractivity contribution >= 4 is 22.5 Å². The summed E-state index contributed by atoms with van der Waals surface area (Å²) in [6, 6.07) is 15.5. The zero-order valence-corrected chi connectivity index (χ0v) is 9.72. The fraction of sp³-hybridized carbons (Fsp3) is 0. The molecule has 0 aliphatic heterocycles. The summed E-state index contributed by atoms with van der Waals surface area (Å²) in [4.78, 5) is 8.82. The van der Waals surface area contributed by atoms with Crippen molar-refractivity contribution in [3.63, 3.8) is 0 Å². The third-order valence-corrected chi connectivity index (χ3v) is 2.87. The van der Waals surface area contributed by atoms with Crippen LogP contribution in [0.25, 0.3) is 22.3 Å². The average molecular weight is 241 g/mol. The Hall–Kier alpha value is -1.93. The third-order valence-electron chi connectivity index (χ3n) is 2.58. The molecule has 0 amide bonds. The standard InChI is InChI=1S/C14H9ClN2/c15-11-9-10-5-1-2-6-12(10)17-14(11)13-7-3-4-8-16-13/h1-9H. The van der Waals surface area contributed by atoms with Crippen LogP contribution in [-0.4, -0.2) is 9.97 Å². The number of rotatable bonds is 1. The minimum atomic E-state index is 0.627. The topological polar surface area (TPSA) is 25.8 Å². The molecule has 3 heteroatoms. The average Bonchev–Trinajstić information content (AvgIpc) is 2.39. The Morgan fingerprint density at radius 1 is 0.941 bits per heavy atom. The van der Waals surface area contributed by atoms with Crippen LogP contribution in [0.5, 0.6) is 0 Å². The van der Waals surface area contributed by atoms with Gasteiger partial charge in [-0.3, -0.25) is 4.98 Å². The van der Waals surface area contributed by atoms with Gasteiger partial charge in [-0.25, -0.2) is 4.98 Å². The SMILES string of the molecule is Clc1cc2ccccc2nc1-c1ccccn1. The molecule has 0 spiro atoms. The number of benzene rings is 1. The summed E-state index contributed by atoms with van der Waals surface area (Å²) in [6.07, 6.45) is 1.74. The maximum absolute atomic E-state index is 6.24. The molecule has 17 heavy (non-hydrogen) atoms. The van der Waals surface area contributed by atoms with Crippen LogP contribution in [0.4, 0.5) is 0 Å². The van der Waals surface area contributed by atoms with Crippen molar-refractivity contribution in [3.8, 4) is 11.4 Å². The van der Waals surface area contributed by atoms with E-state index in [1.165, 1.54) is 0 Å². The van der Waals surface area contributed by atoms with Crippen LogP contribution in [0.2, 0.25) is 5.02 Å². The number of para-hydroxylation sites is 1. The fourth-order valence-electron chi connectivity index (χ4n) is 1.77. The smallest absolute Gasteiger partial charge is 0.108 e. The monoisotopic (exact) mass is 240 g/mol. The van der Waals surface area contributed by atoms with Crippen molar-refractivity contribution in [2.24, 2.45) is 0 Å². The second-order valence-corrected chi connectivity index (χ2v) is 4.13. The largest absolute Gasteiger partial charge is 0.255 e. The highest BCUT2D eigenvalue weighted by molar-refractivity contribution is 6.33. The molecule has 0 aliphatic carbocycles. The van der Waals surface area contributed by atoms with Crippen LogP contribution >= 0.6 is 11.6 Å². The number of hydrogen-bond donors (Lipinski definition) is 0. The molecule has 0 aliphatic rings. The second kappa shape index (κ2) is 4.15. The van der Waals surface area contributed by atoms with Gasteiger partial charge in [0.15, 0.2) is 0 Å². The van der Waals surface area contributed by atoms with E-state index in [0.29, 0.717) is 5.02 Å². The lowest BCUT2D eigenvalue weighted by Crippen LogP contribution is -1.89. The van der Waals surface area contributed by atoms with E-state index in [0.717, 1.165) is 22.3 Å². The van der Waals surface area contributed by atoms with Gasteiger partial charge in [0, 0.05) is 11.6 Å². The molecule has 3 rings (SSSR count). The van der Waals surface area contributed by atoms with E-state index in [2.05, 4.69) is 9.97 Å². The lowest BCUT2D eigenvalue weighted by molar-refractivity contribution is 1.28. The normalized spacial score (nSPS) is 10.6. The first kappa shape index (κ1) is 10.2. The molecule has 0 bridgehead atoms. The molecule has 2 nitrogen and oxygen atoms in total. The molecule has 82 valence electrons. The number of hydrogen-bond acceptors (Lipinski definition) is 2. The van der Waals surface area contributed by atoms with E-state index in [9.17, 15) is 0 Å². The Labute approximate surface area is 104 Å². The van der Waals surface area contributed by atoms with Crippen LogP contribution < -0.4 is 0 Å². The highest BCUT2D eigenvalue weighted by Gasteiger charge is 2.07. The summed E-state index contributed by atoms with van der Waals surface area (Å²) in [5.41, 5.74) is 2.45. The number of nitrogens with zero attached hydrogens (tertiary/aromatic N) is 2. The van der Waals surface area contributed by atoms with Gasteiger partial charge in [-0.15, -0.1) is 0 Å². The molecule has 2 heterocycles. The van der Waals surface area contributed by atoms with Crippen molar-refractivity contribution in [1.82, 2.24) is 9.97 Å². The van der Waals surface area contributed by atoms with Crippen molar-refractivity contribution in [2.75, 3.05) is 0 Å². The van der Waals surface area contributed by atoms with Gasteiger partial charge >= 0.3 is 0 Å². The van der Waals surface area contributed by atoms with E-state index < -0.39 is 0 Å². The lowest BCUT2D eigenvalue weighted by atomic mass is 10.1. The summed E-state index contributed by atoms with van der Waals surface area (Å²) in [6.45, 7) is 0. The summed E-state index contributed by atoms with van der Waals surface area (Å²) in [5.74, 6) is 0. The van der Waals surface area contributed by atoms with Crippen LogP contribution in [-0.2, 0) is 0 Å². The van der Waals surface area contributed by atoms with Gasteiger partial charge < -0.3 is 0 Å². The first-order valence-electron chi connectivity index (χ1n) is 5.31. The van der Waals surface area contributed by atoms with E-state index in [4.69, 9.17) is 11.6 Å². The maximum atomic E-state index is 6.24. The fourth-order valence-corrected chi connectivity index (χ4v) is 2.03. The van der Waals surface area contributed by atoms with Crippen molar-refractivity contribution < 1.29 is 0 Å². The van der Waals surface area contributed by atoms with E-state index in [1.54, 1.807) is 6.20 Å². The van der Waals surface area contributed by atoms with Gasteiger partial charge in [0.1, 0.15) is 5.69 Å². The molecular formula is C14H9ClN2. The third kappa shape index (κ3) is 1.87. The van der Waals surface area contributed by atoms with E-state index in [1.807, 2.05) is 48.5 Å². The van der Waals surface area contributed by atoms with Gasteiger partial charge in [-0.05, 0) is 24.3 Å². The van der Waals surface area contributed by atoms with E-state index >= 15 is 0 Å². The molecular weight excluding hydrogens is 232 g/mol.